The SMILES string of the molecule is CN(Cc1cccc(C(N)=O)c1)C(=O)N[C@@H]1C[C@H]1c1ccc(F)cc1. The third-order valence-corrected chi connectivity index (χ3v) is 4.38. The minimum Gasteiger partial charge on any atom is -0.366 e. The lowest BCUT2D eigenvalue weighted by Gasteiger charge is -2.18. The Kier molecular flexibility index (Phi) is 4.70. The van der Waals surface area contributed by atoms with Crippen LogP contribution in [-0.2, 0) is 6.54 Å². The molecule has 1 saturated carbocycles. The lowest BCUT2D eigenvalue weighted by atomic mass is 10.1. The van der Waals surface area contributed by atoms with Gasteiger partial charge in [-0.3, -0.25) is 4.79 Å². The molecule has 0 aromatic heterocycles. The van der Waals surface area contributed by atoms with E-state index < -0.39 is 5.91 Å². The molecule has 6 heteroatoms. The molecule has 1 aliphatic carbocycles. The Labute approximate surface area is 145 Å². The van der Waals surface area contributed by atoms with Crippen molar-refractivity contribution in [2.24, 2.45) is 5.73 Å². The molecule has 3 N–H and O–H groups in total. The number of benzene rings is 2. The smallest absolute Gasteiger partial charge is 0.317 e. The maximum atomic E-state index is 13.0. The first kappa shape index (κ1) is 17.0. The van der Waals surface area contributed by atoms with Gasteiger partial charge < -0.3 is 16.0 Å². The minimum absolute atomic E-state index is 0.0670. The molecule has 130 valence electrons. The number of urea groups is 1. The Hall–Kier alpha value is -2.89. The van der Waals surface area contributed by atoms with Crippen LogP contribution in [0.3, 0.4) is 0 Å². The highest BCUT2D eigenvalue weighted by Gasteiger charge is 2.39. The average Bonchev–Trinajstić information content (AvgIpc) is 3.34. The van der Waals surface area contributed by atoms with Gasteiger partial charge in [0, 0.05) is 31.1 Å². The predicted molar refractivity (Wildman–Crippen MR) is 92.5 cm³/mol. The van der Waals surface area contributed by atoms with Gasteiger partial charge in [0.25, 0.3) is 0 Å². The zero-order valence-electron chi connectivity index (χ0n) is 13.9. The molecule has 0 saturated heterocycles. The zero-order valence-corrected chi connectivity index (χ0v) is 13.9. The minimum atomic E-state index is -0.492. The van der Waals surface area contributed by atoms with Gasteiger partial charge >= 0.3 is 6.03 Å². The first-order chi connectivity index (χ1) is 11.9. The van der Waals surface area contributed by atoms with Crippen molar-refractivity contribution >= 4 is 11.9 Å². The summed E-state index contributed by atoms with van der Waals surface area (Å²) >= 11 is 0. The number of carbonyl (C=O) groups excluding carboxylic acids is 2. The summed E-state index contributed by atoms with van der Waals surface area (Å²) in [7, 11) is 1.70. The number of halogens is 1. The lowest BCUT2D eigenvalue weighted by molar-refractivity contribution is 0.1000. The van der Waals surface area contributed by atoms with E-state index >= 15 is 0 Å². The van der Waals surface area contributed by atoms with Gasteiger partial charge in [0.2, 0.25) is 5.91 Å². The van der Waals surface area contributed by atoms with E-state index in [4.69, 9.17) is 5.73 Å². The van der Waals surface area contributed by atoms with Crippen molar-refractivity contribution in [3.8, 4) is 0 Å². The normalized spacial score (nSPS) is 18.5. The van der Waals surface area contributed by atoms with Crippen LogP contribution in [0.25, 0.3) is 0 Å². The molecule has 5 nitrogen and oxygen atoms in total. The molecular formula is C19H20FN3O2. The zero-order chi connectivity index (χ0) is 18.0. The third kappa shape index (κ3) is 4.15. The Morgan fingerprint density at radius 1 is 1.24 bits per heavy atom. The van der Waals surface area contributed by atoms with Crippen molar-refractivity contribution < 1.29 is 14.0 Å². The highest BCUT2D eigenvalue weighted by molar-refractivity contribution is 5.92. The number of amides is 3. The van der Waals surface area contributed by atoms with Crippen molar-refractivity contribution in [2.75, 3.05) is 7.05 Å². The standard InChI is InChI=1S/C19H20FN3O2/c1-23(11-12-3-2-4-14(9-12)18(21)24)19(25)22-17-10-16(17)13-5-7-15(20)8-6-13/h2-9,16-17H,10-11H2,1H3,(H2,21,24)(H,22,25)/t16-,17+/m0/s1. The van der Waals surface area contributed by atoms with Crippen molar-refractivity contribution in [3.05, 3.63) is 71.0 Å². The Bertz CT molecular complexity index is 792. The average molecular weight is 341 g/mol. The molecule has 1 aliphatic rings. The van der Waals surface area contributed by atoms with Gasteiger partial charge in [0.1, 0.15) is 5.82 Å². The van der Waals surface area contributed by atoms with Gasteiger partial charge in [-0.25, -0.2) is 9.18 Å². The molecule has 1 fully saturated rings. The third-order valence-electron chi connectivity index (χ3n) is 4.38. The lowest BCUT2D eigenvalue weighted by Crippen LogP contribution is -2.38. The molecule has 25 heavy (non-hydrogen) atoms. The summed E-state index contributed by atoms with van der Waals surface area (Å²) in [6.07, 6.45) is 0.850. The van der Waals surface area contributed by atoms with Crippen LogP contribution in [0.4, 0.5) is 9.18 Å². The van der Waals surface area contributed by atoms with Crippen LogP contribution in [0, 0.1) is 5.82 Å². The van der Waals surface area contributed by atoms with Crippen LogP contribution in [0.1, 0.15) is 33.8 Å². The van der Waals surface area contributed by atoms with Gasteiger partial charge in [-0.2, -0.15) is 0 Å². The summed E-state index contributed by atoms with van der Waals surface area (Å²) < 4.78 is 13.0. The quantitative estimate of drug-likeness (QED) is 0.877. The summed E-state index contributed by atoms with van der Waals surface area (Å²) in [5, 5.41) is 2.98. The molecule has 0 bridgehead atoms. The topological polar surface area (TPSA) is 75.4 Å². The van der Waals surface area contributed by atoms with Crippen LogP contribution < -0.4 is 11.1 Å². The second kappa shape index (κ2) is 6.93. The van der Waals surface area contributed by atoms with Crippen LogP contribution in [0.15, 0.2) is 48.5 Å². The number of hydrogen-bond acceptors (Lipinski definition) is 2. The molecule has 2 atom stereocenters. The monoisotopic (exact) mass is 341 g/mol. The van der Waals surface area contributed by atoms with Crippen LogP contribution >= 0.6 is 0 Å². The number of carbonyl (C=O) groups is 2. The van der Waals surface area contributed by atoms with Crippen molar-refractivity contribution in [1.29, 1.82) is 0 Å². The molecule has 0 radical (unpaired) electrons. The molecular weight excluding hydrogens is 321 g/mol. The maximum absolute atomic E-state index is 13.0. The van der Waals surface area contributed by atoms with Crippen molar-refractivity contribution in [1.82, 2.24) is 10.2 Å². The fourth-order valence-corrected chi connectivity index (χ4v) is 2.87. The summed E-state index contributed by atoms with van der Waals surface area (Å²) in [6, 6.07) is 13.2. The van der Waals surface area contributed by atoms with Crippen LogP contribution in [0.2, 0.25) is 0 Å². The van der Waals surface area contributed by atoms with E-state index in [1.54, 1.807) is 42.3 Å². The highest BCUT2D eigenvalue weighted by Crippen LogP contribution is 2.40. The Balaban J connectivity index is 1.54. The maximum Gasteiger partial charge on any atom is 0.317 e. The van der Waals surface area contributed by atoms with E-state index in [-0.39, 0.29) is 23.8 Å². The number of nitrogens with two attached hydrogens (primary N) is 1. The Morgan fingerprint density at radius 3 is 2.64 bits per heavy atom. The summed E-state index contributed by atoms with van der Waals surface area (Å²) in [5.41, 5.74) is 7.56. The van der Waals surface area contributed by atoms with Gasteiger partial charge in [-0.05, 0) is 41.8 Å². The van der Waals surface area contributed by atoms with E-state index in [0.29, 0.717) is 12.1 Å². The second-order valence-corrected chi connectivity index (χ2v) is 6.37. The molecule has 0 unspecified atom stereocenters. The van der Waals surface area contributed by atoms with E-state index in [9.17, 15) is 14.0 Å². The first-order valence-corrected chi connectivity index (χ1v) is 8.10. The first-order valence-electron chi connectivity index (χ1n) is 8.10. The molecule has 0 aliphatic heterocycles. The number of nitrogens with zero attached hydrogens (tertiary/aromatic N) is 1. The van der Waals surface area contributed by atoms with Gasteiger partial charge in [0.05, 0.1) is 0 Å². The largest absolute Gasteiger partial charge is 0.366 e. The summed E-state index contributed by atoms with van der Waals surface area (Å²) in [4.78, 5) is 25.1. The van der Waals surface area contributed by atoms with Gasteiger partial charge in [-0.15, -0.1) is 0 Å². The molecule has 2 aromatic carbocycles. The molecule has 3 rings (SSSR count). The van der Waals surface area contributed by atoms with Gasteiger partial charge in [0.15, 0.2) is 0 Å². The number of rotatable bonds is 5. The fourth-order valence-electron chi connectivity index (χ4n) is 2.87. The highest BCUT2D eigenvalue weighted by atomic mass is 19.1. The second-order valence-electron chi connectivity index (χ2n) is 6.37. The predicted octanol–water partition coefficient (Wildman–Crippen LogP) is 2.62. The van der Waals surface area contributed by atoms with E-state index in [1.807, 2.05) is 6.07 Å². The molecule has 3 amide bonds. The molecule has 0 spiro atoms. The van der Waals surface area contributed by atoms with E-state index in [2.05, 4.69) is 5.32 Å². The molecule has 0 heterocycles. The van der Waals surface area contributed by atoms with E-state index in [0.717, 1.165) is 17.5 Å². The van der Waals surface area contributed by atoms with Crippen molar-refractivity contribution in [3.63, 3.8) is 0 Å². The van der Waals surface area contributed by atoms with Gasteiger partial charge in [-0.1, -0.05) is 24.3 Å². The molecule has 2 aromatic rings. The summed E-state index contributed by atoms with van der Waals surface area (Å²) in [6.45, 7) is 0.376. The van der Waals surface area contributed by atoms with E-state index in [1.165, 1.54) is 12.1 Å². The van der Waals surface area contributed by atoms with Crippen LogP contribution in [-0.4, -0.2) is 29.9 Å². The fraction of sp³-hybridized carbons (Fsp3) is 0.263. The number of nitrogens with one attached hydrogen (secondary N) is 1. The number of hydrogen-bond donors (Lipinski definition) is 2. The number of primary amides is 1. The van der Waals surface area contributed by atoms with Crippen molar-refractivity contribution in [2.45, 2.75) is 24.9 Å². The Morgan fingerprint density at radius 2 is 1.96 bits per heavy atom. The summed E-state index contributed by atoms with van der Waals surface area (Å²) in [5.74, 6) is -0.520. The van der Waals surface area contributed by atoms with Crippen LogP contribution in [0.5, 0.6) is 0 Å².